The van der Waals surface area contributed by atoms with E-state index < -0.39 is 0 Å². The Morgan fingerprint density at radius 3 is 2.62 bits per heavy atom. The Labute approximate surface area is 101 Å². The molecule has 2 nitrogen and oxygen atoms in total. The van der Waals surface area contributed by atoms with E-state index in [4.69, 9.17) is 0 Å². The van der Waals surface area contributed by atoms with E-state index in [0.717, 1.165) is 12.0 Å². The molecule has 2 heteroatoms. The summed E-state index contributed by atoms with van der Waals surface area (Å²) in [5.41, 5.74) is 0. The molecular weight excluding hydrogens is 196 g/mol. The van der Waals surface area contributed by atoms with Gasteiger partial charge in [0.05, 0.1) is 0 Å². The van der Waals surface area contributed by atoms with Crippen LogP contribution in [-0.2, 0) is 0 Å². The molecule has 0 radical (unpaired) electrons. The summed E-state index contributed by atoms with van der Waals surface area (Å²) in [4.78, 5) is 2.76. The summed E-state index contributed by atoms with van der Waals surface area (Å²) in [6, 6.07) is 1.55. The summed E-state index contributed by atoms with van der Waals surface area (Å²) in [5.74, 6) is 0.990. The van der Waals surface area contributed by atoms with Crippen molar-refractivity contribution in [3.8, 4) is 0 Å². The van der Waals surface area contributed by atoms with Gasteiger partial charge < -0.3 is 5.32 Å². The largest absolute Gasteiger partial charge is 0.312 e. The number of hydrogen-bond acceptors (Lipinski definition) is 2. The van der Waals surface area contributed by atoms with Gasteiger partial charge in [-0.15, -0.1) is 0 Å². The van der Waals surface area contributed by atoms with E-state index in [1.54, 1.807) is 0 Å². The van der Waals surface area contributed by atoms with Crippen molar-refractivity contribution < 1.29 is 0 Å². The van der Waals surface area contributed by atoms with Crippen LogP contribution in [-0.4, -0.2) is 36.6 Å². The molecule has 2 unspecified atom stereocenters. The molecule has 1 N–H and O–H groups in total. The molecule has 2 rings (SSSR count). The second-order valence-electron chi connectivity index (χ2n) is 5.72. The monoisotopic (exact) mass is 224 g/mol. The van der Waals surface area contributed by atoms with Crippen molar-refractivity contribution in [2.24, 2.45) is 5.92 Å². The predicted molar refractivity (Wildman–Crippen MR) is 69.7 cm³/mol. The molecule has 0 aromatic rings. The highest BCUT2D eigenvalue weighted by Gasteiger charge is 2.29. The zero-order valence-corrected chi connectivity index (χ0v) is 11.0. The fourth-order valence-electron chi connectivity index (χ4n) is 3.67. The minimum Gasteiger partial charge on any atom is -0.312 e. The maximum absolute atomic E-state index is 3.55. The molecule has 2 fully saturated rings. The molecule has 1 saturated heterocycles. The summed E-state index contributed by atoms with van der Waals surface area (Å²) in [6.45, 7) is 8.41. The highest BCUT2D eigenvalue weighted by atomic mass is 15.2. The molecule has 1 aliphatic carbocycles. The van der Waals surface area contributed by atoms with Crippen molar-refractivity contribution in [3.05, 3.63) is 0 Å². The van der Waals surface area contributed by atoms with Gasteiger partial charge >= 0.3 is 0 Å². The maximum atomic E-state index is 3.55. The predicted octanol–water partition coefficient (Wildman–Crippen LogP) is 2.64. The van der Waals surface area contributed by atoms with E-state index >= 15 is 0 Å². The van der Waals surface area contributed by atoms with Crippen LogP contribution in [0.25, 0.3) is 0 Å². The average molecular weight is 224 g/mol. The fraction of sp³-hybridized carbons (Fsp3) is 1.00. The first-order valence-corrected chi connectivity index (χ1v) is 7.28. The third kappa shape index (κ3) is 2.98. The first kappa shape index (κ1) is 12.4. The van der Waals surface area contributed by atoms with Gasteiger partial charge in [0, 0.05) is 31.7 Å². The van der Waals surface area contributed by atoms with Crippen LogP contribution in [0, 0.1) is 5.92 Å². The van der Waals surface area contributed by atoms with Crippen LogP contribution in [0.3, 0.4) is 0 Å². The number of piperazine rings is 1. The van der Waals surface area contributed by atoms with Gasteiger partial charge in [0.15, 0.2) is 0 Å². The van der Waals surface area contributed by atoms with Crippen LogP contribution >= 0.6 is 0 Å². The lowest BCUT2D eigenvalue weighted by Gasteiger charge is -2.42. The minimum atomic E-state index is 0.686. The van der Waals surface area contributed by atoms with Gasteiger partial charge in [0.2, 0.25) is 0 Å². The summed E-state index contributed by atoms with van der Waals surface area (Å²) in [6.07, 6.45) is 8.74. The summed E-state index contributed by atoms with van der Waals surface area (Å²) < 4.78 is 0. The highest BCUT2D eigenvalue weighted by molar-refractivity contribution is 4.85. The second kappa shape index (κ2) is 6.02. The molecule has 0 spiro atoms. The van der Waals surface area contributed by atoms with Gasteiger partial charge in [-0.2, -0.15) is 0 Å². The Morgan fingerprint density at radius 2 is 2.00 bits per heavy atom. The fourth-order valence-corrected chi connectivity index (χ4v) is 3.67. The third-order valence-electron chi connectivity index (χ3n) is 4.48. The maximum Gasteiger partial charge on any atom is 0.0167 e. The molecule has 0 amide bonds. The van der Waals surface area contributed by atoms with Gasteiger partial charge in [-0.25, -0.2) is 0 Å². The molecule has 16 heavy (non-hydrogen) atoms. The van der Waals surface area contributed by atoms with Gasteiger partial charge in [-0.3, -0.25) is 4.90 Å². The molecule has 1 heterocycles. The summed E-state index contributed by atoms with van der Waals surface area (Å²) in [7, 11) is 0. The van der Waals surface area contributed by atoms with Gasteiger partial charge in [-0.05, 0) is 32.1 Å². The van der Waals surface area contributed by atoms with Crippen molar-refractivity contribution in [2.75, 3.05) is 19.6 Å². The standard InChI is InChI=1S/C14H28N2/c1-3-14(13-7-5-4-6-8-13)16-10-9-15-12(2)11-16/h12-15H,3-11H2,1-2H3. The number of nitrogens with one attached hydrogen (secondary N) is 1. The first-order chi connectivity index (χ1) is 7.81. The molecule has 2 atom stereocenters. The van der Waals surface area contributed by atoms with Gasteiger partial charge in [0.25, 0.3) is 0 Å². The summed E-state index contributed by atoms with van der Waals surface area (Å²) >= 11 is 0. The molecule has 0 bridgehead atoms. The molecular formula is C14H28N2. The molecule has 0 aromatic carbocycles. The minimum absolute atomic E-state index is 0.686. The Bertz CT molecular complexity index is 199. The van der Waals surface area contributed by atoms with Crippen molar-refractivity contribution in [3.63, 3.8) is 0 Å². The van der Waals surface area contributed by atoms with Crippen LogP contribution in [0.2, 0.25) is 0 Å². The average Bonchev–Trinajstić information content (AvgIpc) is 2.31. The molecule has 1 aliphatic heterocycles. The van der Waals surface area contributed by atoms with E-state index in [1.807, 2.05) is 0 Å². The Morgan fingerprint density at radius 1 is 1.25 bits per heavy atom. The number of hydrogen-bond donors (Lipinski definition) is 1. The quantitative estimate of drug-likeness (QED) is 0.793. The Kier molecular flexibility index (Phi) is 4.66. The molecule has 0 aromatic heterocycles. The van der Waals surface area contributed by atoms with E-state index in [-0.39, 0.29) is 0 Å². The topological polar surface area (TPSA) is 15.3 Å². The van der Waals surface area contributed by atoms with E-state index in [2.05, 4.69) is 24.1 Å². The molecule has 1 saturated carbocycles. The lowest BCUT2D eigenvalue weighted by Crippen LogP contribution is -2.54. The van der Waals surface area contributed by atoms with E-state index in [0.29, 0.717) is 6.04 Å². The van der Waals surface area contributed by atoms with Crippen molar-refractivity contribution >= 4 is 0 Å². The second-order valence-corrected chi connectivity index (χ2v) is 5.72. The van der Waals surface area contributed by atoms with Crippen LogP contribution in [0.15, 0.2) is 0 Å². The van der Waals surface area contributed by atoms with Crippen LogP contribution in [0.4, 0.5) is 0 Å². The lowest BCUT2D eigenvalue weighted by molar-refractivity contribution is 0.0858. The SMILES string of the molecule is CCC(C1CCCCC1)N1CCNC(C)C1. The van der Waals surface area contributed by atoms with Crippen molar-refractivity contribution in [1.82, 2.24) is 10.2 Å². The van der Waals surface area contributed by atoms with E-state index in [9.17, 15) is 0 Å². The van der Waals surface area contributed by atoms with Crippen LogP contribution < -0.4 is 5.32 Å². The normalized spacial score (nSPS) is 31.5. The highest BCUT2D eigenvalue weighted by Crippen LogP contribution is 2.30. The zero-order chi connectivity index (χ0) is 11.4. The Balaban J connectivity index is 1.91. The summed E-state index contributed by atoms with van der Waals surface area (Å²) in [5, 5.41) is 3.55. The first-order valence-electron chi connectivity index (χ1n) is 7.28. The molecule has 94 valence electrons. The van der Waals surface area contributed by atoms with Crippen molar-refractivity contribution in [2.45, 2.75) is 64.5 Å². The van der Waals surface area contributed by atoms with Gasteiger partial charge in [0.1, 0.15) is 0 Å². The van der Waals surface area contributed by atoms with Crippen LogP contribution in [0.1, 0.15) is 52.4 Å². The van der Waals surface area contributed by atoms with Crippen molar-refractivity contribution in [1.29, 1.82) is 0 Å². The smallest absolute Gasteiger partial charge is 0.0167 e. The number of rotatable bonds is 3. The Hall–Kier alpha value is -0.0800. The zero-order valence-electron chi connectivity index (χ0n) is 11.0. The van der Waals surface area contributed by atoms with E-state index in [1.165, 1.54) is 58.2 Å². The number of nitrogens with zero attached hydrogens (tertiary/aromatic N) is 1. The lowest BCUT2D eigenvalue weighted by atomic mass is 9.82. The third-order valence-corrected chi connectivity index (χ3v) is 4.48. The molecule has 2 aliphatic rings. The van der Waals surface area contributed by atoms with Gasteiger partial charge in [-0.1, -0.05) is 26.2 Å². The van der Waals surface area contributed by atoms with Crippen LogP contribution in [0.5, 0.6) is 0 Å².